The number of carbonyl (C=O) groups excluding carboxylic acids is 1. The number of hydrogen-bond donors (Lipinski definition) is 2. The van der Waals surface area contributed by atoms with Crippen LogP contribution in [0.1, 0.15) is 48.2 Å². The number of carbonyl (C=O) groups is 1. The molecule has 0 radical (unpaired) electrons. The second kappa shape index (κ2) is 11.6. The van der Waals surface area contributed by atoms with Gasteiger partial charge in [0.25, 0.3) is 0 Å². The SMILES string of the molecule is Cc1cccc(Cl)c1S(=O)(=O)NC(CC(C)n1cccc1C#N)C(=O)NCc1ccc2c(c1)CCCN2C. The average Bonchev–Trinajstić information content (AvgIpc) is 3.36. The molecule has 0 bridgehead atoms. The minimum Gasteiger partial charge on any atom is -0.374 e. The summed E-state index contributed by atoms with van der Waals surface area (Å²) >= 11 is 6.25. The number of benzene rings is 2. The summed E-state index contributed by atoms with van der Waals surface area (Å²) in [6.45, 7) is 4.78. The van der Waals surface area contributed by atoms with Gasteiger partial charge >= 0.3 is 0 Å². The van der Waals surface area contributed by atoms with Crippen LogP contribution in [0.15, 0.2) is 59.6 Å². The fraction of sp³-hybridized carbons (Fsp3) is 0.357. The molecule has 1 amide bonds. The van der Waals surface area contributed by atoms with Crippen LogP contribution in [0.4, 0.5) is 5.69 Å². The number of rotatable bonds is 9. The molecule has 4 rings (SSSR count). The van der Waals surface area contributed by atoms with Crippen molar-refractivity contribution in [3.05, 3.63) is 82.1 Å². The van der Waals surface area contributed by atoms with Crippen molar-refractivity contribution >= 4 is 33.2 Å². The molecule has 2 N–H and O–H groups in total. The van der Waals surface area contributed by atoms with E-state index in [1.54, 1.807) is 42.0 Å². The maximum absolute atomic E-state index is 13.4. The van der Waals surface area contributed by atoms with Gasteiger partial charge in [-0.2, -0.15) is 9.98 Å². The zero-order valence-corrected chi connectivity index (χ0v) is 23.3. The van der Waals surface area contributed by atoms with Crippen molar-refractivity contribution in [1.29, 1.82) is 5.26 Å². The Kier molecular flexibility index (Phi) is 8.46. The maximum Gasteiger partial charge on any atom is 0.243 e. The van der Waals surface area contributed by atoms with Crippen molar-refractivity contribution in [2.45, 2.75) is 56.6 Å². The van der Waals surface area contributed by atoms with Crippen LogP contribution in [0.5, 0.6) is 0 Å². The highest BCUT2D eigenvalue weighted by Gasteiger charge is 2.30. The summed E-state index contributed by atoms with van der Waals surface area (Å²) in [7, 11) is -2.05. The second-order valence-electron chi connectivity index (χ2n) is 9.76. The number of fused-ring (bicyclic) bond motifs is 1. The minimum absolute atomic E-state index is 0.0513. The van der Waals surface area contributed by atoms with Crippen molar-refractivity contribution in [1.82, 2.24) is 14.6 Å². The summed E-state index contributed by atoms with van der Waals surface area (Å²) in [4.78, 5) is 15.6. The molecule has 1 aliphatic heterocycles. The lowest BCUT2D eigenvalue weighted by atomic mass is 9.99. The number of aryl methyl sites for hydroxylation is 2. The highest BCUT2D eigenvalue weighted by molar-refractivity contribution is 7.89. The molecule has 2 unspecified atom stereocenters. The van der Waals surface area contributed by atoms with Crippen molar-refractivity contribution in [3.8, 4) is 6.07 Å². The minimum atomic E-state index is -4.12. The molecule has 0 saturated carbocycles. The first-order valence-electron chi connectivity index (χ1n) is 12.6. The Morgan fingerprint density at radius 2 is 2.00 bits per heavy atom. The maximum atomic E-state index is 13.4. The van der Waals surface area contributed by atoms with E-state index in [0.717, 1.165) is 24.9 Å². The van der Waals surface area contributed by atoms with Crippen molar-refractivity contribution in [2.75, 3.05) is 18.5 Å². The Labute approximate surface area is 229 Å². The fourth-order valence-electron chi connectivity index (χ4n) is 5.00. The van der Waals surface area contributed by atoms with Gasteiger partial charge in [0.2, 0.25) is 15.9 Å². The summed E-state index contributed by atoms with van der Waals surface area (Å²) in [5.74, 6) is -0.453. The molecule has 3 aromatic rings. The fourth-order valence-corrected chi connectivity index (χ4v) is 7.04. The van der Waals surface area contributed by atoms with Crippen molar-refractivity contribution in [2.24, 2.45) is 0 Å². The Bertz CT molecular complexity index is 1460. The first-order chi connectivity index (χ1) is 18.1. The highest BCUT2D eigenvalue weighted by atomic mass is 35.5. The molecule has 0 spiro atoms. The van der Waals surface area contributed by atoms with Crippen LogP contribution in [0.3, 0.4) is 0 Å². The number of halogens is 1. The number of sulfonamides is 1. The first kappa shape index (κ1) is 27.7. The van der Waals surface area contributed by atoms with Gasteiger partial charge < -0.3 is 14.8 Å². The predicted molar refractivity (Wildman–Crippen MR) is 149 cm³/mol. The quantitative estimate of drug-likeness (QED) is 0.410. The molecule has 0 saturated heterocycles. The molecule has 2 atom stereocenters. The summed E-state index contributed by atoms with van der Waals surface area (Å²) in [6.07, 6.45) is 3.94. The molecular weight excluding hydrogens is 522 g/mol. The van der Waals surface area contributed by atoms with Gasteiger partial charge in [-0.1, -0.05) is 35.9 Å². The third-order valence-corrected chi connectivity index (χ3v) is 9.05. The van der Waals surface area contributed by atoms with E-state index >= 15 is 0 Å². The Balaban J connectivity index is 1.57. The topological polar surface area (TPSA) is 107 Å². The number of hydrogen-bond acceptors (Lipinski definition) is 5. The Hall–Kier alpha value is -3.32. The monoisotopic (exact) mass is 553 g/mol. The lowest BCUT2D eigenvalue weighted by molar-refractivity contribution is -0.123. The first-order valence-corrected chi connectivity index (χ1v) is 14.4. The van der Waals surface area contributed by atoms with Crippen molar-refractivity contribution in [3.63, 3.8) is 0 Å². The Morgan fingerprint density at radius 1 is 1.21 bits per heavy atom. The number of nitrogens with zero attached hydrogens (tertiary/aromatic N) is 3. The summed E-state index contributed by atoms with van der Waals surface area (Å²) in [6, 6.07) is 15.1. The van der Waals surface area contributed by atoms with E-state index in [4.69, 9.17) is 11.6 Å². The number of anilines is 1. The van der Waals surface area contributed by atoms with Gasteiger partial charge in [-0.05, 0) is 74.1 Å². The van der Waals surface area contributed by atoms with E-state index in [1.807, 2.05) is 13.0 Å². The van der Waals surface area contributed by atoms with Gasteiger partial charge in [0, 0.05) is 38.1 Å². The van der Waals surface area contributed by atoms with Gasteiger partial charge in [-0.15, -0.1) is 0 Å². The molecule has 2 heterocycles. The van der Waals surface area contributed by atoms with Crippen LogP contribution in [0.2, 0.25) is 5.02 Å². The number of nitriles is 1. The lowest BCUT2D eigenvalue weighted by Crippen LogP contribution is -2.47. The number of aromatic nitrogens is 1. The molecule has 0 fully saturated rings. The van der Waals surface area contributed by atoms with Gasteiger partial charge in [0.15, 0.2) is 0 Å². The molecule has 8 nitrogen and oxygen atoms in total. The van der Waals surface area contributed by atoms with Crippen LogP contribution < -0.4 is 14.9 Å². The highest BCUT2D eigenvalue weighted by Crippen LogP contribution is 2.28. The zero-order valence-electron chi connectivity index (χ0n) is 21.7. The van der Waals surface area contributed by atoms with Crippen LogP contribution >= 0.6 is 11.6 Å². The molecule has 2 aromatic carbocycles. The molecule has 1 aliphatic rings. The van der Waals surface area contributed by atoms with Crippen LogP contribution in [-0.4, -0.2) is 38.5 Å². The zero-order chi connectivity index (χ0) is 27.4. The standard InChI is InChI=1S/C28H32ClN5O3S/c1-19-7-4-10-24(29)27(19)38(36,37)32-25(15-20(2)34-14-6-9-23(34)17-30)28(35)31-18-21-11-12-26-22(16-21)8-5-13-33(26)3/h4,6-7,9-12,14,16,20,25,32H,5,8,13,15,18H2,1-3H3,(H,31,35). The van der Waals surface area contributed by atoms with Crippen LogP contribution in [-0.2, 0) is 27.8 Å². The third-order valence-electron chi connectivity index (χ3n) is 6.95. The van der Waals surface area contributed by atoms with E-state index in [9.17, 15) is 18.5 Å². The molecule has 0 aliphatic carbocycles. The molecule has 38 heavy (non-hydrogen) atoms. The normalized spacial score (nSPS) is 14.9. The summed E-state index contributed by atoms with van der Waals surface area (Å²) < 4.78 is 31.1. The molecular formula is C28H32ClN5O3S. The lowest BCUT2D eigenvalue weighted by Gasteiger charge is -2.28. The van der Waals surface area contributed by atoms with Crippen LogP contribution in [0.25, 0.3) is 0 Å². The molecule has 200 valence electrons. The average molecular weight is 554 g/mol. The van der Waals surface area contributed by atoms with Crippen LogP contribution in [0, 0.1) is 18.3 Å². The summed E-state index contributed by atoms with van der Waals surface area (Å²) in [5, 5.41) is 12.4. The van der Waals surface area contributed by atoms with E-state index in [0.29, 0.717) is 11.3 Å². The Morgan fingerprint density at radius 3 is 2.74 bits per heavy atom. The molecule has 1 aromatic heterocycles. The van der Waals surface area contributed by atoms with Crippen molar-refractivity contribution < 1.29 is 13.2 Å². The predicted octanol–water partition coefficient (Wildman–Crippen LogP) is 4.32. The smallest absolute Gasteiger partial charge is 0.243 e. The third kappa shape index (κ3) is 6.04. The largest absolute Gasteiger partial charge is 0.374 e. The van der Waals surface area contributed by atoms with E-state index in [-0.39, 0.29) is 28.9 Å². The second-order valence-corrected chi connectivity index (χ2v) is 11.8. The number of nitrogens with one attached hydrogen (secondary N) is 2. The molecule has 10 heteroatoms. The van der Waals surface area contributed by atoms with E-state index in [2.05, 4.69) is 40.2 Å². The van der Waals surface area contributed by atoms with Gasteiger partial charge in [0.05, 0.1) is 5.02 Å². The van der Waals surface area contributed by atoms with E-state index in [1.165, 1.54) is 17.3 Å². The number of amides is 1. The van der Waals surface area contributed by atoms with Gasteiger partial charge in [0.1, 0.15) is 22.7 Å². The van der Waals surface area contributed by atoms with Gasteiger partial charge in [-0.3, -0.25) is 4.79 Å². The van der Waals surface area contributed by atoms with Gasteiger partial charge in [-0.25, -0.2) is 8.42 Å². The van der Waals surface area contributed by atoms with E-state index < -0.39 is 22.0 Å². The summed E-state index contributed by atoms with van der Waals surface area (Å²) in [5.41, 5.74) is 4.29.